The molecule has 0 aromatic heterocycles. The number of nitrogens with one attached hydrogen (secondary N) is 1. The summed E-state index contributed by atoms with van der Waals surface area (Å²) in [5, 5.41) is 2.86. The van der Waals surface area contributed by atoms with Gasteiger partial charge in [-0.3, -0.25) is 4.79 Å². The summed E-state index contributed by atoms with van der Waals surface area (Å²) in [5.41, 5.74) is 0. The van der Waals surface area contributed by atoms with Gasteiger partial charge in [-0.25, -0.2) is 4.79 Å². The molecule has 4 heteroatoms. The van der Waals surface area contributed by atoms with Crippen molar-refractivity contribution in [1.82, 2.24) is 5.32 Å². The summed E-state index contributed by atoms with van der Waals surface area (Å²) in [6, 6.07) is -0.520. The fourth-order valence-electron chi connectivity index (χ4n) is 2.22. The molecular weight excluding hydrogens is 242 g/mol. The van der Waals surface area contributed by atoms with Crippen LogP contribution >= 0.6 is 0 Å². The lowest BCUT2D eigenvalue weighted by atomic mass is 9.96. The van der Waals surface area contributed by atoms with Gasteiger partial charge in [0.2, 0.25) is 5.91 Å². The Labute approximate surface area is 117 Å². The van der Waals surface area contributed by atoms with Crippen molar-refractivity contribution < 1.29 is 14.3 Å². The standard InChI is InChI=1S/C15H29NO3/c1-6-8-12(9-7-2)14(17)16-13(10-11(3)4)15(18)19-5/h11-13H,6-10H2,1-5H3,(H,16,17). The van der Waals surface area contributed by atoms with Gasteiger partial charge in [0.25, 0.3) is 0 Å². The average Bonchev–Trinajstić information content (AvgIpc) is 2.36. The van der Waals surface area contributed by atoms with E-state index in [1.807, 2.05) is 13.8 Å². The van der Waals surface area contributed by atoms with Crippen LogP contribution in [0.1, 0.15) is 59.8 Å². The predicted molar refractivity (Wildman–Crippen MR) is 76.7 cm³/mol. The summed E-state index contributed by atoms with van der Waals surface area (Å²) >= 11 is 0. The molecule has 0 radical (unpaired) electrons. The maximum absolute atomic E-state index is 12.2. The lowest BCUT2D eigenvalue weighted by Gasteiger charge is -2.22. The number of rotatable bonds is 9. The highest BCUT2D eigenvalue weighted by Crippen LogP contribution is 2.15. The van der Waals surface area contributed by atoms with Crippen LogP contribution in [0.5, 0.6) is 0 Å². The number of amides is 1. The average molecular weight is 271 g/mol. The van der Waals surface area contributed by atoms with E-state index < -0.39 is 6.04 Å². The molecule has 1 N–H and O–H groups in total. The first kappa shape index (κ1) is 17.9. The smallest absolute Gasteiger partial charge is 0.328 e. The molecule has 0 fully saturated rings. The van der Waals surface area contributed by atoms with Gasteiger partial charge in [-0.1, -0.05) is 40.5 Å². The van der Waals surface area contributed by atoms with Crippen LogP contribution < -0.4 is 5.32 Å². The van der Waals surface area contributed by atoms with E-state index in [4.69, 9.17) is 4.74 Å². The molecular formula is C15H29NO3. The highest BCUT2D eigenvalue weighted by Gasteiger charge is 2.25. The second kappa shape index (κ2) is 9.82. The molecule has 0 aliphatic heterocycles. The summed E-state index contributed by atoms with van der Waals surface area (Å²) in [6.45, 7) is 8.19. The van der Waals surface area contributed by atoms with Crippen LogP contribution in [0.15, 0.2) is 0 Å². The quantitative estimate of drug-likeness (QED) is 0.656. The van der Waals surface area contributed by atoms with Gasteiger partial charge in [0.1, 0.15) is 6.04 Å². The number of hydrogen-bond acceptors (Lipinski definition) is 3. The van der Waals surface area contributed by atoms with Gasteiger partial charge in [-0.2, -0.15) is 0 Å². The van der Waals surface area contributed by atoms with Gasteiger partial charge in [0.15, 0.2) is 0 Å². The van der Waals surface area contributed by atoms with E-state index in [0.717, 1.165) is 25.7 Å². The molecule has 1 atom stereocenters. The van der Waals surface area contributed by atoms with Crippen molar-refractivity contribution in [2.24, 2.45) is 11.8 Å². The van der Waals surface area contributed by atoms with Crippen molar-refractivity contribution in [2.45, 2.75) is 65.8 Å². The zero-order valence-electron chi connectivity index (χ0n) is 13.0. The molecule has 1 unspecified atom stereocenters. The van der Waals surface area contributed by atoms with Gasteiger partial charge in [0.05, 0.1) is 7.11 Å². The summed E-state index contributed by atoms with van der Waals surface area (Å²) < 4.78 is 4.76. The van der Waals surface area contributed by atoms with E-state index in [-0.39, 0.29) is 17.8 Å². The molecule has 0 aromatic rings. The Morgan fingerprint density at radius 3 is 2.00 bits per heavy atom. The van der Waals surface area contributed by atoms with Crippen molar-refractivity contribution in [3.05, 3.63) is 0 Å². The summed E-state index contributed by atoms with van der Waals surface area (Å²) in [7, 11) is 1.36. The molecule has 0 heterocycles. The molecule has 0 aliphatic rings. The lowest BCUT2D eigenvalue weighted by Crippen LogP contribution is -2.45. The second-order valence-electron chi connectivity index (χ2n) is 5.49. The zero-order chi connectivity index (χ0) is 14.8. The van der Waals surface area contributed by atoms with Crippen molar-refractivity contribution in [3.8, 4) is 0 Å². The Bertz CT molecular complexity index is 271. The molecule has 4 nitrogen and oxygen atoms in total. The molecule has 1 amide bonds. The molecule has 0 saturated heterocycles. The molecule has 0 bridgehead atoms. The molecule has 0 spiro atoms. The third-order valence-electron chi connectivity index (χ3n) is 3.15. The molecule has 0 aromatic carbocycles. The predicted octanol–water partition coefficient (Wildman–Crippen LogP) is 2.91. The van der Waals surface area contributed by atoms with Gasteiger partial charge in [-0.05, 0) is 25.2 Å². The first-order valence-corrected chi connectivity index (χ1v) is 7.34. The Kier molecular flexibility index (Phi) is 9.27. The van der Waals surface area contributed by atoms with Crippen LogP contribution in [-0.4, -0.2) is 25.0 Å². The SMILES string of the molecule is CCCC(CCC)C(=O)NC(CC(C)C)C(=O)OC. The number of ether oxygens (including phenoxy) is 1. The van der Waals surface area contributed by atoms with E-state index in [9.17, 15) is 9.59 Å². The van der Waals surface area contributed by atoms with Gasteiger partial charge in [0, 0.05) is 5.92 Å². The highest BCUT2D eigenvalue weighted by molar-refractivity contribution is 5.85. The molecule has 0 aliphatic carbocycles. The summed E-state index contributed by atoms with van der Waals surface area (Å²) in [4.78, 5) is 23.9. The maximum atomic E-state index is 12.2. The minimum Gasteiger partial charge on any atom is -0.467 e. The largest absolute Gasteiger partial charge is 0.467 e. The fourth-order valence-corrected chi connectivity index (χ4v) is 2.22. The summed E-state index contributed by atoms with van der Waals surface area (Å²) in [5.74, 6) is -0.0249. The van der Waals surface area contributed by atoms with Crippen molar-refractivity contribution in [2.75, 3.05) is 7.11 Å². The number of carbonyl (C=O) groups excluding carboxylic acids is 2. The van der Waals surface area contributed by atoms with E-state index in [1.54, 1.807) is 0 Å². The maximum Gasteiger partial charge on any atom is 0.328 e. The highest BCUT2D eigenvalue weighted by atomic mass is 16.5. The molecule has 112 valence electrons. The van der Waals surface area contributed by atoms with Crippen LogP contribution in [0.3, 0.4) is 0 Å². The topological polar surface area (TPSA) is 55.4 Å². The fraction of sp³-hybridized carbons (Fsp3) is 0.867. The van der Waals surface area contributed by atoms with Crippen molar-refractivity contribution >= 4 is 11.9 Å². The van der Waals surface area contributed by atoms with E-state index >= 15 is 0 Å². The van der Waals surface area contributed by atoms with Crippen molar-refractivity contribution in [1.29, 1.82) is 0 Å². The van der Waals surface area contributed by atoms with Crippen LogP contribution in [-0.2, 0) is 14.3 Å². The van der Waals surface area contributed by atoms with Crippen LogP contribution in [0.4, 0.5) is 0 Å². The second-order valence-corrected chi connectivity index (χ2v) is 5.49. The Hall–Kier alpha value is -1.06. The Morgan fingerprint density at radius 2 is 1.63 bits per heavy atom. The Morgan fingerprint density at radius 1 is 1.11 bits per heavy atom. The first-order valence-electron chi connectivity index (χ1n) is 7.34. The lowest BCUT2D eigenvalue weighted by molar-refractivity contribution is -0.146. The third kappa shape index (κ3) is 7.19. The van der Waals surface area contributed by atoms with Crippen LogP contribution in [0.2, 0.25) is 0 Å². The van der Waals surface area contributed by atoms with Crippen LogP contribution in [0.25, 0.3) is 0 Å². The third-order valence-corrected chi connectivity index (χ3v) is 3.15. The number of carbonyl (C=O) groups is 2. The van der Waals surface area contributed by atoms with Crippen molar-refractivity contribution in [3.63, 3.8) is 0 Å². The monoisotopic (exact) mass is 271 g/mol. The number of esters is 1. The van der Waals surface area contributed by atoms with E-state index in [2.05, 4.69) is 19.2 Å². The number of hydrogen-bond donors (Lipinski definition) is 1. The van der Waals surface area contributed by atoms with Gasteiger partial charge >= 0.3 is 5.97 Å². The molecule has 19 heavy (non-hydrogen) atoms. The minimum absolute atomic E-state index is 0.00863. The number of methoxy groups -OCH3 is 1. The van der Waals surface area contributed by atoms with Crippen LogP contribution in [0, 0.1) is 11.8 Å². The van der Waals surface area contributed by atoms with E-state index in [0.29, 0.717) is 12.3 Å². The van der Waals surface area contributed by atoms with Gasteiger partial charge < -0.3 is 10.1 Å². The Balaban J connectivity index is 4.61. The van der Waals surface area contributed by atoms with Gasteiger partial charge in [-0.15, -0.1) is 0 Å². The minimum atomic E-state index is -0.520. The van der Waals surface area contributed by atoms with E-state index in [1.165, 1.54) is 7.11 Å². The molecule has 0 rings (SSSR count). The first-order chi connectivity index (χ1) is 8.96. The normalized spacial score (nSPS) is 12.6. The molecule has 0 saturated carbocycles. The zero-order valence-corrected chi connectivity index (χ0v) is 13.0. The summed E-state index contributed by atoms with van der Waals surface area (Å²) in [6.07, 6.45) is 4.31.